The Bertz CT molecular complexity index is 961. The first-order chi connectivity index (χ1) is 14.0. The van der Waals surface area contributed by atoms with Gasteiger partial charge in [-0.3, -0.25) is 14.5 Å². The fourth-order valence-corrected chi connectivity index (χ4v) is 4.15. The highest BCUT2D eigenvalue weighted by atomic mass is 35.5. The lowest BCUT2D eigenvalue weighted by atomic mass is 10.2. The maximum atomic E-state index is 12.7. The van der Waals surface area contributed by atoms with Crippen molar-refractivity contribution in [3.8, 4) is 5.75 Å². The molecule has 2 amide bonds. The Hall–Kier alpha value is -2.35. The molecule has 3 rings (SSSR count). The van der Waals surface area contributed by atoms with Gasteiger partial charge in [0.05, 0.1) is 11.5 Å². The second-order valence-electron chi connectivity index (χ2n) is 6.11. The molecule has 1 aliphatic heterocycles. The number of anilines is 1. The summed E-state index contributed by atoms with van der Waals surface area (Å²) in [4.78, 5) is 26.9. The van der Waals surface area contributed by atoms with E-state index < -0.39 is 0 Å². The molecule has 150 valence electrons. The Kier molecular flexibility index (Phi) is 7.30. The molecule has 0 bridgehead atoms. The predicted octanol–water partition coefficient (Wildman–Crippen LogP) is 4.97. The summed E-state index contributed by atoms with van der Waals surface area (Å²) in [6, 6.07) is 14.4. The average Bonchev–Trinajstić information content (AvgIpc) is 2.96. The molecule has 1 heterocycles. The number of amides is 2. The second kappa shape index (κ2) is 9.91. The van der Waals surface area contributed by atoms with Crippen LogP contribution in [0.3, 0.4) is 0 Å². The molecule has 1 fully saturated rings. The van der Waals surface area contributed by atoms with Gasteiger partial charge in [0.1, 0.15) is 10.1 Å². The molecule has 8 heteroatoms. The van der Waals surface area contributed by atoms with E-state index in [9.17, 15) is 9.59 Å². The van der Waals surface area contributed by atoms with E-state index in [-0.39, 0.29) is 24.8 Å². The van der Waals surface area contributed by atoms with E-state index >= 15 is 0 Å². The number of carbonyl (C=O) groups excluding carboxylic acids is 2. The van der Waals surface area contributed by atoms with Crippen LogP contribution >= 0.6 is 35.6 Å². The van der Waals surface area contributed by atoms with Crippen LogP contribution in [-0.2, 0) is 9.59 Å². The SMILES string of the molecule is CCOc1ccc(NC(=O)CCN2C(=O)/C(=C/c3ccccc3Cl)SC2=S)cc1. The summed E-state index contributed by atoms with van der Waals surface area (Å²) in [5.41, 5.74) is 1.42. The van der Waals surface area contributed by atoms with Crippen LogP contribution in [0.2, 0.25) is 5.02 Å². The number of rotatable bonds is 7. The Morgan fingerprint density at radius 1 is 1.24 bits per heavy atom. The first kappa shape index (κ1) is 21.4. The lowest BCUT2D eigenvalue weighted by Gasteiger charge is -2.14. The summed E-state index contributed by atoms with van der Waals surface area (Å²) in [5.74, 6) is 0.334. The molecule has 2 aromatic carbocycles. The van der Waals surface area contributed by atoms with E-state index in [0.29, 0.717) is 26.5 Å². The van der Waals surface area contributed by atoms with Crippen molar-refractivity contribution in [3.63, 3.8) is 0 Å². The summed E-state index contributed by atoms with van der Waals surface area (Å²) >= 11 is 12.7. The molecule has 1 aliphatic rings. The van der Waals surface area contributed by atoms with Crippen molar-refractivity contribution < 1.29 is 14.3 Å². The number of hydrogen-bond acceptors (Lipinski definition) is 5. The van der Waals surface area contributed by atoms with Gasteiger partial charge in [0, 0.05) is 23.7 Å². The Labute approximate surface area is 184 Å². The molecule has 0 aliphatic carbocycles. The molecule has 0 saturated carbocycles. The van der Waals surface area contributed by atoms with Crippen LogP contribution in [0.1, 0.15) is 18.9 Å². The van der Waals surface area contributed by atoms with Gasteiger partial charge in [0.15, 0.2) is 0 Å². The highest BCUT2D eigenvalue weighted by Gasteiger charge is 2.32. The van der Waals surface area contributed by atoms with Gasteiger partial charge in [-0.1, -0.05) is 53.8 Å². The highest BCUT2D eigenvalue weighted by Crippen LogP contribution is 2.33. The number of thioether (sulfide) groups is 1. The molecular formula is C21H19ClN2O3S2. The quantitative estimate of drug-likeness (QED) is 0.480. The zero-order chi connectivity index (χ0) is 20.8. The van der Waals surface area contributed by atoms with Crippen LogP contribution in [-0.4, -0.2) is 34.2 Å². The van der Waals surface area contributed by atoms with Gasteiger partial charge in [-0.2, -0.15) is 0 Å². The largest absolute Gasteiger partial charge is 0.494 e. The molecule has 2 aromatic rings. The zero-order valence-corrected chi connectivity index (χ0v) is 18.1. The van der Waals surface area contributed by atoms with Crippen molar-refractivity contribution in [2.75, 3.05) is 18.5 Å². The fourth-order valence-electron chi connectivity index (χ4n) is 2.66. The molecule has 0 radical (unpaired) electrons. The Morgan fingerprint density at radius 2 is 1.97 bits per heavy atom. The van der Waals surface area contributed by atoms with Crippen LogP contribution < -0.4 is 10.1 Å². The molecule has 29 heavy (non-hydrogen) atoms. The van der Waals surface area contributed by atoms with Gasteiger partial charge in [-0.05, 0) is 48.9 Å². The van der Waals surface area contributed by atoms with Gasteiger partial charge in [-0.15, -0.1) is 0 Å². The van der Waals surface area contributed by atoms with Crippen molar-refractivity contribution in [1.82, 2.24) is 4.90 Å². The highest BCUT2D eigenvalue weighted by molar-refractivity contribution is 8.26. The summed E-state index contributed by atoms with van der Waals surface area (Å²) in [7, 11) is 0. The fraction of sp³-hybridized carbons (Fsp3) is 0.190. The van der Waals surface area contributed by atoms with Crippen molar-refractivity contribution in [3.05, 3.63) is 64.0 Å². The number of nitrogens with zero attached hydrogens (tertiary/aromatic N) is 1. The van der Waals surface area contributed by atoms with Crippen LogP contribution in [0.4, 0.5) is 5.69 Å². The van der Waals surface area contributed by atoms with Crippen molar-refractivity contribution in [1.29, 1.82) is 0 Å². The minimum Gasteiger partial charge on any atom is -0.494 e. The van der Waals surface area contributed by atoms with Crippen LogP contribution in [0, 0.1) is 0 Å². The van der Waals surface area contributed by atoms with E-state index in [2.05, 4.69) is 5.32 Å². The molecule has 0 atom stereocenters. The maximum absolute atomic E-state index is 12.7. The topological polar surface area (TPSA) is 58.6 Å². The van der Waals surface area contributed by atoms with Crippen LogP contribution in [0.25, 0.3) is 6.08 Å². The number of nitrogens with one attached hydrogen (secondary N) is 1. The van der Waals surface area contributed by atoms with Gasteiger partial charge in [-0.25, -0.2) is 0 Å². The molecule has 0 unspecified atom stereocenters. The summed E-state index contributed by atoms with van der Waals surface area (Å²) < 4.78 is 5.81. The maximum Gasteiger partial charge on any atom is 0.266 e. The minimum absolute atomic E-state index is 0.138. The number of hydrogen-bond donors (Lipinski definition) is 1. The molecule has 0 spiro atoms. The smallest absolute Gasteiger partial charge is 0.266 e. The van der Waals surface area contributed by atoms with E-state index in [0.717, 1.165) is 11.3 Å². The lowest BCUT2D eigenvalue weighted by Crippen LogP contribution is -2.31. The summed E-state index contributed by atoms with van der Waals surface area (Å²) in [5, 5.41) is 3.37. The van der Waals surface area contributed by atoms with E-state index in [1.54, 1.807) is 36.4 Å². The van der Waals surface area contributed by atoms with Crippen LogP contribution in [0.5, 0.6) is 5.75 Å². The summed E-state index contributed by atoms with van der Waals surface area (Å²) in [6.07, 6.45) is 1.86. The molecule has 5 nitrogen and oxygen atoms in total. The molecule has 0 aromatic heterocycles. The zero-order valence-electron chi connectivity index (χ0n) is 15.7. The molecular weight excluding hydrogens is 428 g/mol. The number of thiocarbonyl (C=S) groups is 1. The lowest BCUT2D eigenvalue weighted by molar-refractivity contribution is -0.122. The Balaban J connectivity index is 1.57. The third kappa shape index (κ3) is 5.59. The number of carbonyl (C=O) groups is 2. The van der Waals surface area contributed by atoms with E-state index in [4.69, 9.17) is 28.6 Å². The standard InChI is InChI=1S/C21H19ClN2O3S2/c1-2-27-16-9-7-15(8-10-16)23-19(25)11-12-24-20(26)18(29-21(24)28)13-14-5-3-4-6-17(14)22/h3-10,13H,2,11-12H2,1H3,(H,23,25)/b18-13-. The third-order valence-electron chi connectivity index (χ3n) is 4.08. The minimum atomic E-state index is -0.214. The monoisotopic (exact) mass is 446 g/mol. The Morgan fingerprint density at radius 3 is 2.66 bits per heavy atom. The van der Waals surface area contributed by atoms with Crippen molar-refractivity contribution in [2.24, 2.45) is 0 Å². The van der Waals surface area contributed by atoms with Gasteiger partial charge >= 0.3 is 0 Å². The van der Waals surface area contributed by atoms with E-state index in [1.807, 2.05) is 25.1 Å². The molecule has 1 saturated heterocycles. The van der Waals surface area contributed by atoms with Crippen molar-refractivity contribution >= 4 is 63.5 Å². The van der Waals surface area contributed by atoms with Crippen LogP contribution in [0.15, 0.2) is 53.4 Å². The number of ether oxygens (including phenoxy) is 1. The van der Waals surface area contributed by atoms with Gasteiger partial charge in [0.2, 0.25) is 5.91 Å². The first-order valence-corrected chi connectivity index (χ1v) is 10.6. The predicted molar refractivity (Wildman–Crippen MR) is 122 cm³/mol. The van der Waals surface area contributed by atoms with E-state index in [1.165, 1.54) is 16.7 Å². The summed E-state index contributed by atoms with van der Waals surface area (Å²) in [6.45, 7) is 2.71. The average molecular weight is 447 g/mol. The van der Waals surface area contributed by atoms with Gasteiger partial charge in [0.25, 0.3) is 5.91 Å². The number of benzene rings is 2. The van der Waals surface area contributed by atoms with Gasteiger partial charge < -0.3 is 10.1 Å². The second-order valence-corrected chi connectivity index (χ2v) is 8.19. The third-order valence-corrected chi connectivity index (χ3v) is 5.80. The number of halogens is 1. The van der Waals surface area contributed by atoms with Crippen molar-refractivity contribution in [2.45, 2.75) is 13.3 Å². The first-order valence-electron chi connectivity index (χ1n) is 9.00. The normalized spacial score (nSPS) is 15.1. The molecule has 1 N–H and O–H groups in total.